The van der Waals surface area contributed by atoms with Crippen LogP contribution >= 0.6 is 0 Å². The Kier molecular flexibility index (Phi) is 3.61. The van der Waals surface area contributed by atoms with Crippen molar-refractivity contribution in [2.24, 2.45) is 5.73 Å². The number of rotatable bonds is 2. The second-order valence-electron chi connectivity index (χ2n) is 4.79. The highest BCUT2D eigenvalue weighted by Crippen LogP contribution is 2.22. The third-order valence-corrected chi connectivity index (χ3v) is 5.05. The van der Waals surface area contributed by atoms with Gasteiger partial charge in [-0.2, -0.15) is 4.31 Å². The minimum atomic E-state index is -3.36. The SMILES string of the molecule is CC(C)(C)S(=O)(=O)N1CCOC(C(=N)N)C1. The van der Waals surface area contributed by atoms with Crippen molar-refractivity contribution in [2.75, 3.05) is 19.7 Å². The predicted octanol–water partition coefficient (Wildman–Crippen LogP) is -0.249. The summed E-state index contributed by atoms with van der Waals surface area (Å²) in [7, 11) is -3.36. The fraction of sp³-hybridized carbons (Fsp3) is 0.889. The molecule has 7 heteroatoms. The summed E-state index contributed by atoms with van der Waals surface area (Å²) in [6.45, 7) is 5.69. The van der Waals surface area contributed by atoms with E-state index in [0.29, 0.717) is 6.54 Å². The molecule has 0 aromatic carbocycles. The van der Waals surface area contributed by atoms with E-state index in [4.69, 9.17) is 15.9 Å². The maximum atomic E-state index is 12.1. The molecule has 1 rings (SSSR count). The Bertz CT molecular complexity index is 372. The molecule has 1 fully saturated rings. The molecule has 0 spiro atoms. The van der Waals surface area contributed by atoms with Crippen molar-refractivity contribution in [1.29, 1.82) is 5.41 Å². The van der Waals surface area contributed by atoms with Gasteiger partial charge >= 0.3 is 0 Å². The summed E-state index contributed by atoms with van der Waals surface area (Å²) in [6.07, 6.45) is -0.620. The van der Waals surface area contributed by atoms with Crippen molar-refractivity contribution in [3.05, 3.63) is 0 Å². The van der Waals surface area contributed by atoms with E-state index in [1.807, 2.05) is 0 Å². The zero-order valence-corrected chi connectivity index (χ0v) is 10.7. The summed E-state index contributed by atoms with van der Waals surface area (Å²) in [5.41, 5.74) is 5.32. The topological polar surface area (TPSA) is 96.5 Å². The monoisotopic (exact) mass is 249 g/mol. The van der Waals surface area contributed by atoms with Gasteiger partial charge in [0.2, 0.25) is 10.0 Å². The molecular weight excluding hydrogens is 230 g/mol. The smallest absolute Gasteiger partial charge is 0.219 e. The Balaban J connectivity index is 2.87. The lowest BCUT2D eigenvalue weighted by Crippen LogP contribution is -2.53. The molecule has 6 nitrogen and oxygen atoms in total. The summed E-state index contributed by atoms with van der Waals surface area (Å²) < 4.78 is 30.0. The largest absolute Gasteiger partial charge is 0.385 e. The van der Waals surface area contributed by atoms with Crippen LogP contribution in [0.25, 0.3) is 0 Å². The molecule has 16 heavy (non-hydrogen) atoms. The molecule has 1 aliphatic heterocycles. The van der Waals surface area contributed by atoms with Crippen LogP contribution in [-0.2, 0) is 14.8 Å². The molecule has 94 valence electrons. The molecular formula is C9H19N3O3S. The quantitative estimate of drug-likeness (QED) is 0.521. The van der Waals surface area contributed by atoms with Crippen LogP contribution in [0.15, 0.2) is 0 Å². The van der Waals surface area contributed by atoms with E-state index in [1.165, 1.54) is 4.31 Å². The van der Waals surface area contributed by atoms with Crippen LogP contribution in [0.2, 0.25) is 0 Å². The molecule has 0 bridgehead atoms. The number of nitrogens with zero attached hydrogens (tertiary/aromatic N) is 1. The lowest BCUT2D eigenvalue weighted by molar-refractivity contribution is 0.0361. The third-order valence-electron chi connectivity index (χ3n) is 2.49. The van der Waals surface area contributed by atoms with E-state index >= 15 is 0 Å². The number of nitrogens with two attached hydrogens (primary N) is 1. The average molecular weight is 249 g/mol. The Morgan fingerprint density at radius 2 is 2.06 bits per heavy atom. The van der Waals surface area contributed by atoms with E-state index in [9.17, 15) is 8.42 Å². The van der Waals surface area contributed by atoms with Crippen LogP contribution in [-0.4, -0.2) is 49.1 Å². The second-order valence-corrected chi connectivity index (χ2v) is 7.48. The number of ether oxygens (including phenoxy) is 1. The van der Waals surface area contributed by atoms with Crippen molar-refractivity contribution in [3.8, 4) is 0 Å². The molecule has 0 aromatic heterocycles. The van der Waals surface area contributed by atoms with E-state index in [0.717, 1.165) is 0 Å². The molecule has 1 unspecified atom stereocenters. The van der Waals surface area contributed by atoms with E-state index in [1.54, 1.807) is 20.8 Å². The van der Waals surface area contributed by atoms with E-state index < -0.39 is 20.9 Å². The highest BCUT2D eigenvalue weighted by molar-refractivity contribution is 7.90. The van der Waals surface area contributed by atoms with Gasteiger partial charge in [-0.1, -0.05) is 0 Å². The predicted molar refractivity (Wildman–Crippen MR) is 61.9 cm³/mol. The molecule has 1 saturated heterocycles. The number of sulfonamides is 1. The molecule has 0 aromatic rings. The van der Waals surface area contributed by atoms with Crippen molar-refractivity contribution < 1.29 is 13.2 Å². The van der Waals surface area contributed by atoms with Gasteiger partial charge in [-0.3, -0.25) is 5.41 Å². The zero-order valence-electron chi connectivity index (χ0n) is 9.86. The Morgan fingerprint density at radius 1 is 1.50 bits per heavy atom. The number of morpholine rings is 1. The number of nitrogens with one attached hydrogen (secondary N) is 1. The summed E-state index contributed by atoms with van der Waals surface area (Å²) in [5, 5.41) is 7.27. The highest BCUT2D eigenvalue weighted by Gasteiger charge is 2.38. The minimum Gasteiger partial charge on any atom is -0.385 e. The third kappa shape index (κ3) is 2.53. The lowest BCUT2D eigenvalue weighted by Gasteiger charge is -2.35. The highest BCUT2D eigenvalue weighted by atomic mass is 32.2. The molecule has 0 aliphatic carbocycles. The molecule has 1 aliphatic rings. The summed E-state index contributed by atoms with van der Waals surface area (Å²) in [6, 6.07) is 0. The minimum absolute atomic E-state index is 0.131. The Labute approximate surface area is 96.3 Å². The number of hydrogen-bond acceptors (Lipinski definition) is 4. The fourth-order valence-electron chi connectivity index (χ4n) is 1.42. The van der Waals surface area contributed by atoms with Gasteiger partial charge in [0.05, 0.1) is 11.4 Å². The lowest BCUT2D eigenvalue weighted by atomic mass is 10.3. The van der Waals surface area contributed by atoms with Gasteiger partial charge < -0.3 is 10.5 Å². The van der Waals surface area contributed by atoms with Crippen molar-refractivity contribution >= 4 is 15.9 Å². The summed E-state index contributed by atoms with van der Waals surface area (Å²) >= 11 is 0. The van der Waals surface area contributed by atoms with Crippen LogP contribution in [0.3, 0.4) is 0 Å². The van der Waals surface area contributed by atoms with Crippen molar-refractivity contribution in [2.45, 2.75) is 31.6 Å². The second kappa shape index (κ2) is 4.31. The first kappa shape index (κ1) is 13.4. The first-order valence-electron chi connectivity index (χ1n) is 5.11. The molecule has 1 atom stereocenters. The van der Waals surface area contributed by atoms with E-state index in [2.05, 4.69) is 0 Å². The van der Waals surface area contributed by atoms with Crippen LogP contribution in [0.5, 0.6) is 0 Å². The Hall–Kier alpha value is -0.660. The maximum Gasteiger partial charge on any atom is 0.219 e. The zero-order chi connectivity index (χ0) is 12.6. The van der Waals surface area contributed by atoms with Gasteiger partial charge in [0.25, 0.3) is 0 Å². The van der Waals surface area contributed by atoms with Crippen molar-refractivity contribution in [3.63, 3.8) is 0 Å². The maximum absolute atomic E-state index is 12.1. The van der Waals surface area contributed by atoms with Gasteiger partial charge in [0.15, 0.2) is 0 Å². The van der Waals surface area contributed by atoms with Crippen LogP contribution < -0.4 is 5.73 Å². The van der Waals surface area contributed by atoms with Crippen LogP contribution in [0.4, 0.5) is 0 Å². The van der Waals surface area contributed by atoms with Gasteiger partial charge in [0, 0.05) is 13.1 Å². The van der Waals surface area contributed by atoms with E-state index in [-0.39, 0.29) is 19.0 Å². The Morgan fingerprint density at radius 3 is 2.50 bits per heavy atom. The van der Waals surface area contributed by atoms with Crippen LogP contribution in [0.1, 0.15) is 20.8 Å². The molecule has 0 radical (unpaired) electrons. The summed E-state index contributed by atoms with van der Waals surface area (Å²) in [4.78, 5) is 0. The standard InChI is InChI=1S/C9H19N3O3S/c1-9(2,3)16(13,14)12-4-5-15-7(6-12)8(10)11/h7H,4-6H2,1-3H3,(H3,10,11). The fourth-order valence-corrected chi connectivity index (χ4v) is 2.84. The van der Waals surface area contributed by atoms with Crippen molar-refractivity contribution in [1.82, 2.24) is 4.31 Å². The van der Waals surface area contributed by atoms with Gasteiger partial charge in [-0.15, -0.1) is 0 Å². The number of amidine groups is 1. The van der Waals surface area contributed by atoms with Gasteiger partial charge in [0.1, 0.15) is 11.9 Å². The molecule has 0 amide bonds. The first-order valence-corrected chi connectivity index (χ1v) is 6.55. The average Bonchev–Trinajstić information content (AvgIpc) is 2.16. The normalized spacial score (nSPS) is 24.3. The van der Waals surface area contributed by atoms with Gasteiger partial charge in [-0.05, 0) is 20.8 Å². The summed E-state index contributed by atoms with van der Waals surface area (Å²) in [5.74, 6) is -0.131. The molecule has 0 saturated carbocycles. The van der Waals surface area contributed by atoms with Crippen LogP contribution in [0, 0.1) is 5.41 Å². The first-order chi connectivity index (χ1) is 7.16. The number of hydrogen-bond donors (Lipinski definition) is 2. The molecule has 3 N–H and O–H groups in total. The van der Waals surface area contributed by atoms with Gasteiger partial charge in [-0.25, -0.2) is 8.42 Å². The molecule has 1 heterocycles.